The number of hydrogen-bond acceptors (Lipinski definition) is 8. The van der Waals surface area contributed by atoms with Crippen LogP contribution in [-0.2, 0) is 5.75 Å². The number of aromatic nitrogens is 2. The van der Waals surface area contributed by atoms with Crippen LogP contribution in [0.25, 0.3) is 0 Å². The first-order chi connectivity index (χ1) is 17.0. The van der Waals surface area contributed by atoms with Gasteiger partial charge in [0.1, 0.15) is 16.5 Å². The van der Waals surface area contributed by atoms with Crippen LogP contribution in [0.5, 0.6) is 11.5 Å². The van der Waals surface area contributed by atoms with Gasteiger partial charge in [0, 0.05) is 61.6 Å². The number of thioether (sulfide) groups is 1. The Balaban J connectivity index is 1.65. The van der Waals surface area contributed by atoms with E-state index in [9.17, 15) is 4.79 Å². The molecule has 0 spiro atoms. The van der Waals surface area contributed by atoms with Crippen molar-refractivity contribution >= 4 is 29.2 Å². The van der Waals surface area contributed by atoms with Gasteiger partial charge in [-0.1, -0.05) is 6.07 Å². The van der Waals surface area contributed by atoms with Crippen molar-refractivity contribution in [3.05, 3.63) is 65.7 Å². The second-order valence-electron chi connectivity index (χ2n) is 8.09. The van der Waals surface area contributed by atoms with Gasteiger partial charge in [0.15, 0.2) is 11.6 Å². The summed E-state index contributed by atoms with van der Waals surface area (Å²) in [5, 5.41) is 3.25. The van der Waals surface area contributed by atoms with E-state index in [1.807, 2.05) is 24.1 Å². The number of benzene rings is 1. The largest absolute Gasteiger partial charge is 0.497 e. The van der Waals surface area contributed by atoms with E-state index in [2.05, 4.69) is 20.2 Å². The second-order valence-corrected chi connectivity index (χ2v) is 9.06. The van der Waals surface area contributed by atoms with E-state index in [0.29, 0.717) is 41.1 Å². The van der Waals surface area contributed by atoms with Crippen LogP contribution < -0.4 is 19.7 Å². The Kier molecular flexibility index (Phi) is 8.04. The third-order valence-corrected chi connectivity index (χ3v) is 6.81. The molecule has 0 saturated carbocycles. The van der Waals surface area contributed by atoms with Gasteiger partial charge in [0.2, 0.25) is 0 Å². The zero-order chi connectivity index (χ0) is 24.8. The van der Waals surface area contributed by atoms with Gasteiger partial charge in [-0.15, -0.1) is 11.8 Å². The number of carbonyl (C=O) groups excluding carboxylic acids is 1. The van der Waals surface area contributed by atoms with Gasteiger partial charge in [0.25, 0.3) is 5.91 Å². The van der Waals surface area contributed by atoms with Crippen molar-refractivity contribution in [1.29, 1.82) is 0 Å². The van der Waals surface area contributed by atoms with Crippen LogP contribution in [0.1, 0.15) is 15.9 Å². The molecule has 0 aliphatic carbocycles. The summed E-state index contributed by atoms with van der Waals surface area (Å²) in [6.45, 7) is 2.96. The van der Waals surface area contributed by atoms with Gasteiger partial charge in [0.05, 0.1) is 19.8 Å². The number of carbonyl (C=O) groups is 1. The van der Waals surface area contributed by atoms with E-state index in [-0.39, 0.29) is 11.4 Å². The number of halogens is 1. The Morgan fingerprint density at radius 1 is 1.09 bits per heavy atom. The standard InChI is InChI=1S/C25H28FN5O3S/c1-30-10-12-31(13-11-30)23-21(26)15-20(24(32)28-18-6-8-27-9-7-18)25(29-23)35-16-17-4-5-19(33-2)14-22(17)34-3/h4-9,14-15H,10-13,16H2,1-3H3,(H,27,28,32). The summed E-state index contributed by atoms with van der Waals surface area (Å²) in [6, 6.07) is 10.2. The lowest BCUT2D eigenvalue weighted by Crippen LogP contribution is -2.45. The fraction of sp³-hybridized carbons (Fsp3) is 0.320. The number of pyridine rings is 2. The molecule has 0 unspecified atom stereocenters. The van der Waals surface area contributed by atoms with E-state index in [1.165, 1.54) is 17.8 Å². The molecule has 8 nitrogen and oxygen atoms in total. The fourth-order valence-corrected chi connectivity index (χ4v) is 4.72. The molecule has 0 radical (unpaired) electrons. The zero-order valence-electron chi connectivity index (χ0n) is 20.0. The topological polar surface area (TPSA) is 79.8 Å². The van der Waals surface area contributed by atoms with Crippen molar-refractivity contribution in [2.45, 2.75) is 10.8 Å². The minimum absolute atomic E-state index is 0.176. The van der Waals surface area contributed by atoms with Gasteiger partial charge < -0.3 is 24.6 Å². The maximum Gasteiger partial charge on any atom is 0.258 e. The molecule has 1 aromatic carbocycles. The molecule has 1 aliphatic rings. The summed E-state index contributed by atoms with van der Waals surface area (Å²) in [6.07, 6.45) is 3.16. The van der Waals surface area contributed by atoms with Crippen LogP contribution in [0.4, 0.5) is 15.9 Å². The third-order valence-electron chi connectivity index (χ3n) is 5.77. The molecule has 0 atom stereocenters. The zero-order valence-corrected chi connectivity index (χ0v) is 20.8. The minimum atomic E-state index is -0.513. The Morgan fingerprint density at radius 2 is 1.83 bits per heavy atom. The molecule has 3 heterocycles. The first kappa shape index (κ1) is 24.7. The molecule has 1 saturated heterocycles. The number of likely N-dealkylation sites (N-methyl/N-ethyl adjacent to an activating group) is 1. The summed E-state index contributed by atoms with van der Waals surface area (Å²) in [4.78, 5) is 25.8. The van der Waals surface area contributed by atoms with Crippen molar-refractivity contribution in [2.24, 2.45) is 0 Å². The molecule has 0 bridgehead atoms. The third kappa shape index (κ3) is 6.01. The molecule has 3 aromatic rings. The molecule has 10 heteroatoms. The van der Waals surface area contributed by atoms with E-state index in [4.69, 9.17) is 9.47 Å². The van der Waals surface area contributed by atoms with Gasteiger partial charge in [-0.2, -0.15) is 0 Å². The van der Waals surface area contributed by atoms with Crippen LogP contribution in [0.2, 0.25) is 0 Å². The van der Waals surface area contributed by atoms with Gasteiger partial charge in [-0.25, -0.2) is 9.37 Å². The average Bonchev–Trinajstić information content (AvgIpc) is 2.88. The van der Waals surface area contributed by atoms with Crippen LogP contribution in [0.15, 0.2) is 53.8 Å². The van der Waals surface area contributed by atoms with Crippen molar-refractivity contribution in [3.8, 4) is 11.5 Å². The first-order valence-electron chi connectivity index (χ1n) is 11.2. The number of rotatable bonds is 8. The fourth-order valence-electron chi connectivity index (χ4n) is 3.73. The molecule has 4 rings (SSSR count). The van der Waals surface area contributed by atoms with Crippen LogP contribution >= 0.6 is 11.8 Å². The lowest BCUT2D eigenvalue weighted by molar-refractivity contribution is 0.102. The van der Waals surface area contributed by atoms with Gasteiger partial charge in [-0.05, 0) is 31.3 Å². The Labute approximate surface area is 208 Å². The molecule has 1 N–H and O–H groups in total. The highest BCUT2D eigenvalue weighted by atomic mass is 32.2. The van der Waals surface area contributed by atoms with Gasteiger partial charge in [-0.3, -0.25) is 9.78 Å². The maximum atomic E-state index is 15.2. The molecule has 2 aromatic heterocycles. The highest BCUT2D eigenvalue weighted by Crippen LogP contribution is 2.34. The van der Waals surface area contributed by atoms with Crippen molar-refractivity contribution in [3.63, 3.8) is 0 Å². The summed E-state index contributed by atoms with van der Waals surface area (Å²) >= 11 is 1.36. The second kappa shape index (κ2) is 11.4. The van der Waals surface area contributed by atoms with E-state index >= 15 is 4.39 Å². The number of amides is 1. The summed E-state index contributed by atoms with van der Waals surface area (Å²) in [5.41, 5.74) is 1.65. The van der Waals surface area contributed by atoms with Crippen molar-refractivity contribution < 1.29 is 18.7 Å². The predicted octanol–water partition coefficient (Wildman–Crippen LogP) is 3.93. The lowest BCUT2D eigenvalue weighted by atomic mass is 10.2. The molecular formula is C25H28FN5O3S. The van der Waals surface area contributed by atoms with Crippen LogP contribution in [-0.4, -0.2) is 68.2 Å². The number of methoxy groups -OCH3 is 2. The highest BCUT2D eigenvalue weighted by Gasteiger charge is 2.24. The van der Waals surface area contributed by atoms with Gasteiger partial charge >= 0.3 is 0 Å². The Hall–Kier alpha value is -3.37. The maximum absolute atomic E-state index is 15.2. The highest BCUT2D eigenvalue weighted by molar-refractivity contribution is 7.98. The number of nitrogens with one attached hydrogen (secondary N) is 1. The monoisotopic (exact) mass is 497 g/mol. The van der Waals surface area contributed by atoms with Crippen LogP contribution in [0, 0.1) is 5.82 Å². The van der Waals surface area contributed by atoms with E-state index in [1.54, 1.807) is 44.8 Å². The number of ether oxygens (including phenoxy) is 2. The summed E-state index contributed by atoms with van der Waals surface area (Å²) < 4.78 is 26.0. The average molecular weight is 498 g/mol. The normalized spacial score (nSPS) is 14.0. The van der Waals surface area contributed by atoms with Crippen molar-refractivity contribution in [2.75, 3.05) is 57.7 Å². The SMILES string of the molecule is COc1ccc(CSc2nc(N3CCN(C)CC3)c(F)cc2C(=O)Nc2ccncc2)c(OC)c1. The van der Waals surface area contributed by atoms with E-state index in [0.717, 1.165) is 18.7 Å². The van der Waals surface area contributed by atoms with E-state index < -0.39 is 11.7 Å². The molecule has 1 aliphatic heterocycles. The number of anilines is 2. The van der Waals surface area contributed by atoms with Crippen LogP contribution in [0.3, 0.4) is 0 Å². The molecular weight excluding hydrogens is 469 g/mol. The van der Waals surface area contributed by atoms with Crippen molar-refractivity contribution in [1.82, 2.24) is 14.9 Å². The number of hydrogen-bond donors (Lipinski definition) is 1. The number of piperazine rings is 1. The Morgan fingerprint density at radius 3 is 2.51 bits per heavy atom. The smallest absolute Gasteiger partial charge is 0.258 e. The molecule has 35 heavy (non-hydrogen) atoms. The first-order valence-corrected chi connectivity index (χ1v) is 12.2. The summed E-state index contributed by atoms with van der Waals surface area (Å²) in [7, 11) is 5.23. The number of nitrogens with zero attached hydrogens (tertiary/aromatic N) is 4. The quantitative estimate of drug-likeness (QED) is 0.469. The predicted molar refractivity (Wildman–Crippen MR) is 135 cm³/mol. The lowest BCUT2D eigenvalue weighted by Gasteiger charge is -2.33. The minimum Gasteiger partial charge on any atom is -0.497 e. The Bertz CT molecular complexity index is 1170. The molecule has 1 fully saturated rings. The molecule has 1 amide bonds. The molecule has 184 valence electrons. The summed E-state index contributed by atoms with van der Waals surface area (Å²) in [5.74, 6) is 1.15.